The fourth-order valence-electron chi connectivity index (χ4n) is 2.09. The van der Waals surface area contributed by atoms with Gasteiger partial charge in [-0.15, -0.1) is 0 Å². The van der Waals surface area contributed by atoms with Crippen LogP contribution < -0.4 is 5.32 Å². The van der Waals surface area contributed by atoms with Gasteiger partial charge < -0.3 is 5.32 Å². The molecule has 1 saturated carbocycles. The van der Waals surface area contributed by atoms with E-state index in [1.807, 2.05) is 0 Å². The molecule has 2 rings (SSSR count). The molecule has 1 unspecified atom stereocenters. The molecule has 1 atom stereocenters. The average Bonchev–Trinajstić information content (AvgIpc) is 2.97. The van der Waals surface area contributed by atoms with E-state index in [0.29, 0.717) is 11.8 Å². The van der Waals surface area contributed by atoms with Crippen LogP contribution in [-0.2, 0) is 9.59 Å². The maximum absolute atomic E-state index is 11.6. The summed E-state index contributed by atoms with van der Waals surface area (Å²) in [6.45, 7) is 3.06. The van der Waals surface area contributed by atoms with Crippen LogP contribution in [0, 0.1) is 5.41 Å². The van der Waals surface area contributed by atoms with E-state index in [4.69, 9.17) is 0 Å². The Kier molecular flexibility index (Phi) is 2.54. The van der Waals surface area contributed by atoms with Gasteiger partial charge in [-0.25, -0.2) is 0 Å². The quantitative estimate of drug-likeness (QED) is 0.688. The van der Waals surface area contributed by atoms with Crippen LogP contribution in [0.3, 0.4) is 0 Å². The van der Waals surface area contributed by atoms with E-state index in [1.165, 1.54) is 17.7 Å². The number of nitrogens with one attached hydrogen (secondary N) is 1. The van der Waals surface area contributed by atoms with E-state index >= 15 is 0 Å². The van der Waals surface area contributed by atoms with Crippen molar-refractivity contribution in [2.75, 3.05) is 13.6 Å². The summed E-state index contributed by atoms with van der Waals surface area (Å²) in [5, 5.41) is 3.23. The third kappa shape index (κ3) is 1.91. The minimum absolute atomic E-state index is 0.0705. The normalized spacial score (nSPS) is 28.7. The van der Waals surface area contributed by atoms with Gasteiger partial charge in [-0.2, -0.15) is 0 Å². The lowest BCUT2D eigenvalue weighted by atomic mass is 10.0. The Morgan fingerprint density at radius 1 is 1.47 bits per heavy atom. The van der Waals surface area contributed by atoms with Gasteiger partial charge in [0.25, 0.3) is 0 Å². The zero-order chi connectivity index (χ0) is 11.1. The average molecular weight is 210 g/mol. The highest BCUT2D eigenvalue weighted by molar-refractivity contribution is 6.05. The summed E-state index contributed by atoms with van der Waals surface area (Å²) in [5.74, 6) is -0.147. The third-order valence-corrected chi connectivity index (χ3v) is 3.81. The number of likely N-dealkylation sites (N-methyl/N-ethyl adjacent to an activating group) is 1. The molecule has 1 heterocycles. The van der Waals surface area contributed by atoms with Crippen molar-refractivity contribution in [2.45, 2.75) is 38.6 Å². The van der Waals surface area contributed by atoms with Crippen LogP contribution in [0.4, 0.5) is 0 Å². The molecule has 0 aromatic carbocycles. The first kappa shape index (κ1) is 10.6. The molecule has 1 saturated heterocycles. The van der Waals surface area contributed by atoms with Gasteiger partial charge in [0.05, 0.1) is 12.5 Å². The van der Waals surface area contributed by atoms with Crippen LogP contribution in [0.5, 0.6) is 0 Å². The molecule has 2 fully saturated rings. The van der Waals surface area contributed by atoms with Crippen molar-refractivity contribution in [2.24, 2.45) is 5.41 Å². The van der Waals surface area contributed by atoms with Crippen molar-refractivity contribution >= 4 is 11.8 Å². The Balaban J connectivity index is 1.86. The lowest BCUT2D eigenvalue weighted by Gasteiger charge is -2.16. The number of carbonyl (C=O) groups excluding carboxylic acids is 2. The Morgan fingerprint density at radius 3 is 2.53 bits per heavy atom. The van der Waals surface area contributed by atoms with Gasteiger partial charge >= 0.3 is 0 Å². The minimum Gasteiger partial charge on any atom is -0.305 e. The molecule has 15 heavy (non-hydrogen) atoms. The number of carbonyl (C=O) groups is 2. The van der Waals surface area contributed by atoms with Gasteiger partial charge in [0.15, 0.2) is 0 Å². The SMILES string of the molecule is CCC1(CNC2CC(=O)N(C)C2=O)CC1. The molecule has 0 radical (unpaired) electrons. The molecular weight excluding hydrogens is 192 g/mol. The Bertz CT molecular complexity index is 297. The molecule has 1 N–H and O–H groups in total. The molecule has 2 amide bonds. The molecule has 1 aliphatic heterocycles. The third-order valence-electron chi connectivity index (χ3n) is 3.81. The highest BCUT2D eigenvalue weighted by Crippen LogP contribution is 2.48. The minimum atomic E-state index is -0.272. The molecule has 0 aromatic rings. The standard InChI is InChI=1S/C11H18N2O2/c1-3-11(4-5-11)7-12-8-6-9(14)13(2)10(8)15/h8,12H,3-7H2,1-2H3. The monoisotopic (exact) mass is 210 g/mol. The number of amides is 2. The number of rotatable bonds is 4. The maximum Gasteiger partial charge on any atom is 0.246 e. The van der Waals surface area contributed by atoms with Gasteiger partial charge in [-0.3, -0.25) is 14.5 Å². The van der Waals surface area contributed by atoms with Crippen molar-refractivity contribution in [1.82, 2.24) is 10.2 Å². The lowest BCUT2D eigenvalue weighted by molar-refractivity contribution is -0.137. The molecular formula is C11H18N2O2. The summed E-state index contributed by atoms with van der Waals surface area (Å²) >= 11 is 0. The molecule has 0 bridgehead atoms. The largest absolute Gasteiger partial charge is 0.305 e. The van der Waals surface area contributed by atoms with Crippen LogP contribution in [0.2, 0.25) is 0 Å². The number of imide groups is 1. The van der Waals surface area contributed by atoms with Crippen LogP contribution in [-0.4, -0.2) is 36.3 Å². The maximum atomic E-state index is 11.6. The number of likely N-dealkylation sites (tertiary alicyclic amines) is 1. The Labute approximate surface area is 90.0 Å². The summed E-state index contributed by atoms with van der Waals surface area (Å²) in [6.07, 6.45) is 3.99. The fourth-order valence-corrected chi connectivity index (χ4v) is 2.09. The van der Waals surface area contributed by atoms with Crippen LogP contribution >= 0.6 is 0 Å². The van der Waals surface area contributed by atoms with Gasteiger partial charge in [0.1, 0.15) is 0 Å². The molecule has 1 aliphatic carbocycles. The van der Waals surface area contributed by atoms with E-state index < -0.39 is 0 Å². The number of nitrogens with zero attached hydrogens (tertiary/aromatic N) is 1. The first-order valence-electron chi connectivity index (χ1n) is 5.62. The zero-order valence-electron chi connectivity index (χ0n) is 9.38. The van der Waals surface area contributed by atoms with Gasteiger partial charge in [-0.1, -0.05) is 6.92 Å². The topological polar surface area (TPSA) is 49.4 Å². The second kappa shape index (κ2) is 3.59. The second-order valence-corrected chi connectivity index (χ2v) is 4.78. The summed E-state index contributed by atoms with van der Waals surface area (Å²) in [7, 11) is 1.55. The van der Waals surface area contributed by atoms with E-state index in [0.717, 1.165) is 13.0 Å². The van der Waals surface area contributed by atoms with E-state index in [9.17, 15) is 9.59 Å². The van der Waals surface area contributed by atoms with Crippen LogP contribution in [0.15, 0.2) is 0 Å². The van der Waals surface area contributed by atoms with E-state index in [1.54, 1.807) is 7.05 Å². The molecule has 84 valence electrons. The van der Waals surface area contributed by atoms with Crippen molar-refractivity contribution in [1.29, 1.82) is 0 Å². The summed E-state index contributed by atoms with van der Waals surface area (Å²) < 4.78 is 0. The van der Waals surface area contributed by atoms with Crippen molar-refractivity contribution < 1.29 is 9.59 Å². The smallest absolute Gasteiger partial charge is 0.246 e. The first-order chi connectivity index (χ1) is 7.08. The Hall–Kier alpha value is -0.900. The Morgan fingerprint density at radius 2 is 2.13 bits per heavy atom. The number of hydrogen-bond acceptors (Lipinski definition) is 3. The molecule has 2 aliphatic rings. The molecule has 0 aromatic heterocycles. The molecule has 4 nitrogen and oxygen atoms in total. The second-order valence-electron chi connectivity index (χ2n) is 4.78. The predicted molar refractivity (Wildman–Crippen MR) is 56.1 cm³/mol. The lowest BCUT2D eigenvalue weighted by Crippen LogP contribution is -2.39. The van der Waals surface area contributed by atoms with Crippen LogP contribution in [0.25, 0.3) is 0 Å². The van der Waals surface area contributed by atoms with Crippen molar-refractivity contribution in [3.05, 3.63) is 0 Å². The van der Waals surface area contributed by atoms with Gasteiger partial charge in [0, 0.05) is 13.6 Å². The van der Waals surface area contributed by atoms with Gasteiger partial charge in [-0.05, 0) is 24.7 Å². The fraction of sp³-hybridized carbons (Fsp3) is 0.818. The van der Waals surface area contributed by atoms with E-state index in [2.05, 4.69) is 12.2 Å². The summed E-state index contributed by atoms with van der Waals surface area (Å²) in [5.41, 5.74) is 0.421. The highest BCUT2D eigenvalue weighted by Gasteiger charge is 2.43. The zero-order valence-corrected chi connectivity index (χ0v) is 9.38. The predicted octanol–water partition coefficient (Wildman–Crippen LogP) is 0.523. The van der Waals surface area contributed by atoms with Crippen LogP contribution in [0.1, 0.15) is 32.6 Å². The summed E-state index contributed by atoms with van der Waals surface area (Å²) in [6, 6.07) is -0.272. The highest BCUT2D eigenvalue weighted by atomic mass is 16.2. The number of hydrogen-bond donors (Lipinski definition) is 1. The van der Waals surface area contributed by atoms with Gasteiger partial charge in [0.2, 0.25) is 11.8 Å². The van der Waals surface area contributed by atoms with Crippen molar-refractivity contribution in [3.8, 4) is 0 Å². The summed E-state index contributed by atoms with van der Waals surface area (Å²) in [4.78, 5) is 24.1. The first-order valence-corrected chi connectivity index (χ1v) is 5.62. The van der Waals surface area contributed by atoms with E-state index in [-0.39, 0.29) is 17.9 Å². The molecule has 0 spiro atoms. The van der Waals surface area contributed by atoms with Crippen molar-refractivity contribution in [3.63, 3.8) is 0 Å². The molecule has 4 heteroatoms.